The predicted octanol–water partition coefficient (Wildman–Crippen LogP) is 0.912. The molecule has 12 nitrogen and oxygen atoms in total. The van der Waals surface area contributed by atoms with Crippen LogP contribution in [0, 0.1) is 0 Å². The molecule has 1 aromatic carbocycles. The fourth-order valence-electron chi connectivity index (χ4n) is 4.09. The number of ether oxygens (including phenoxy) is 4. The normalized spacial score (nSPS) is 18.5. The molecule has 4 N–H and O–H groups in total. The van der Waals surface area contributed by atoms with Gasteiger partial charge in [0, 0.05) is 23.9 Å². The van der Waals surface area contributed by atoms with E-state index in [0.717, 1.165) is 0 Å². The lowest BCUT2D eigenvalue weighted by Gasteiger charge is -2.21. The summed E-state index contributed by atoms with van der Waals surface area (Å²) >= 11 is 0. The minimum atomic E-state index is -1.35. The number of carbonyl (C=O) groups excluding carboxylic acids is 2. The third-order valence-electron chi connectivity index (χ3n) is 5.98. The van der Waals surface area contributed by atoms with Crippen molar-refractivity contribution in [1.29, 1.82) is 0 Å². The fraction of sp³-hybridized carbons (Fsp3) is 0.333. The average molecular weight is 495 g/mol. The van der Waals surface area contributed by atoms with Gasteiger partial charge in [0.05, 0.1) is 36.9 Å². The van der Waals surface area contributed by atoms with Crippen LogP contribution in [0.4, 0.5) is 10.5 Å². The van der Waals surface area contributed by atoms with Crippen molar-refractivity contribution in [1.82, 2.24) is 15.3 Å². The first-order valence-corrected chi connectivity index (χ1v) is 11.3. The molecule has 2 aromatic heterocycles. The highest BCUT2D eigenvalue weighted by Gasteiger charge is 2.34. The Bertz CT molecular complexity index is 1300. The van der Waals surface area contributed by atoms with Crippen molar-refractivity contribution >= 4 is 28.7 Å². The average Bonchev–Trinajstić information content (AvgIpc) is 3.30. The zero-order chi connectivity index (χ0) is 25.2. The molecule has 1 fully saturated rings. The molecule has 5 rings (SSSR count). The van der Waals surface area contributed by atoms with Crippen molar-refractivity contribution in [2.24, 2.45) is 5.73 Å². The first kappa shape index (κ1) is 23.6. The summed E-state index contributed by atoms with van der Waals surface area (Å²) in [6.07, 6.45) is -0.995. The van der Waals surface area contributed by atoms with E-state index < -0.39 is 30.3 Å². The summed E-state index contributed by atoms with van der Waals surface area (Å²) < 4.78 is 21.6. The monoisotopic (exact) mass is 495 g/mol. The Kier molecular flexibility index (Phi) is 6.44. The molecule has 0 bridgehead atoms. The molecule has 4 heterocycles. The number of aliphatic hydroxyl groups is 1. The van der Waals surface area contributed by atoms with Crippen molar-refractivity contribution in [2.45, 2.75) is 18.2 Å². The lowest BCUT2D eigenvalue weighted by Crippen LogP contribution is -2.47. The number of nitrogens with one attached hydrogen (secondary N) is 1. The predicted molar refractivity (Wildman–Crippen MR) is 127 cm³/mol. The number of hydrogen-bond donors (Lipinski definition) is 3. The summed E-state index contributed by atoms with van der Waals surface area (Å²) in [6, 6.07) is 8.79. The summed E-state index contributed by atoms with van der Waals surface area (Å²) in [4.78, 5) is 35.2. The van der Waals surface area contributed by atoms with Crippen LogP contribution >= 0.6 is 0 Å². The molecular formula is C24H25N5O7. The van der Waals surface area contributed by atoms with Crippen molar-refractivity contribution in [3.63, 3.8) is 0 Å². The number of hydrogen-bond acceptors (Lipinski definition) is 10. The van der Waals surface area contributed by atoms with Crippen molar-refractivity contribution in [3.8, 4) is 17.4 Å². The van der Waals surface area contributed by atoms with Crippen LogP contribution in [0.25, 0.3) is 11.0 Å². The lowest BCUT2D eigenvalue weighted by molar-refractivity contribution is -0.125. The zero-order valence-corrected chi connectivity index (χ0v) is 19.4. The van der Waals surface area contributed by atoms with Crippen LogP contribution in [0.1, 0.15) is 11.7 Å². The van der Waals surface area contributed by atoms with Crippen molar-refractivity contribution < 1.29 is 33.6 Å². The third-order valence-corrected chi connectivity index (χ3v) is 5.98. The lowest BCUT2D eigenvalue weighted by atomic mass is 10.0. The number of methoxy groups -OCH3 is 1. The van der Waals surface area contributed by atoms with Gasteiger partial charge in [-0.15, -0.1) is 0 Å². The van der Waals surface area contributed by atoms with E-state index in [2.05, 4.69) is 15.3 Å². The van der Waals surface area contributed by atoms with Crippen LogP contribution in [0.2, 0.25) is 0 Å². The smallest absolute Gasteiger partial charge is 0.414 e. The molecule has 0 aliphatic carbocycles. The van der Waals surface area contributed by atoms with E-state index in [4.69, 9.17) is 24.7 Å². The Balaban J connectivity index is 1.22. The quantitative estimate of drug-likeness (QED) is 0.430. The second kappa shape index (κ2) is 9.84. The molecule has 0 saturated carbocycles. The number of nitrogens with zero attached hydrogens (tertiary/aromatic N) is 3. The number of pyridine rings is 2. The van der Waals surface area contributed by atoms with E-state index in [0.29, 0.717) is 52.9 Å². The number of cyclic esters (lactones) is 1. The van der Waals surface area contributed by atoms with Gasteiger partial charge < -0.3 is 35.1 Å². The van der Waals surface area contributed by atoms with Crippen LogP contribution < -0.4 is 30.2 Å². The Morgan fingerprint density at radius 2 is 2.06 bits per heavy atom. The van der Waals surface area contributed by atoms with Crippen LogP contribution in [0.3, 0.4) is 0 Å². The highest BCUT2D eigenvalue weighted by atomic mass is 16.6. The van der Waals surface area contributed by atoms with Crippen LogP contribution in [-0.2, 0) is 9.53 Å². The maximum absolute atomic E-state index is 12.7. The molecule has 1 saturated heterocycles. The molecule has 2 aliphatic rings. The van der Waals surface area contributed by atoms with Gasteiger partial charge in [0.1, 0.15) is 31.5 Å². The number of rotatable bonds is 7. The summed E-state index contributed by atoms with van der Waals surface area (Å²) in [6.45, 7) is 1.14. The number of fused-ring (bicyclic) bond motifs is 2. The van der Waals surface area contributed by atoms with Gasteiger partial charge in [-0.25, -0.2) is 9.78 Å². The van der Waals surface area contributed by atoms with Crippen molar-refractivity contribution in [2.75, 3.05) is 38.3 Å². The summed E-state index contributed by atoms with van der Waals surface area (Å²) in [7, 11) is 1.48. The van der Waals surface area contributed by atoms with Gasteiger partial charge in [0.15, 0.2) is 11.5 Å². The molecular weight excluding hydrogens is 470 g/mol. The third kappa shape index (κ3) is 4.55. The molecule has 3 unspecified atom stereocenters. The van der Waals surface area contributed by atoms with Crippen molar-refractivity contribution in [3.05, 3.63) is 48.2 Å². The maximum Gasteiger partial charge on any atom is 0.414 e. The number of anilines is 1. The molecule has 2 aliphatic heterocycles. The second-order valence-corrected chi connectivity index (χ2v) is 8.28. The zero-order valence-electron chi connectivity index (χ0n) is 19.4. The van der Waals surface area contributed by atoms with E-state index in [1.807, 2.05) is 0 Å². The van der Waals surface area contributed by atoms with E-state index in [-0.39, 0.29) is 13.1 Å². The highest BCUT2D eigenvalue weighted by molar-refractivity contribution is 5.90. The second-order valence-electron chi connectivity index (χ2n) is 8.28. The van der Waals surface area contributed by atoms with Gasteiger partial charge in [-0.3, -0.25) is 14.7 Å². The first-order chi connectivity index (χ1) is 17.4. The highest BCUT2D eigenvalue weighted by Crippen LogP contribution is 2.35. The minimum Gasteiger partial charge on any atom is -0.486 e. The SMILES string of the molecule is COc1ccc2nccc(C(O)C(N)C(=O)NCC3CN(c4ccc5c(c4)OCCO5)C(=O)O3)c2n1. The van der Waals surface area contributed by atoms with E-state index in [1.165, 1.54) is 18.2 Å². The Morgan fingerprint density at radius 3 is 2.86 bits per heavy atom. The molecule has 0 radical (unpaired) electrons. The minimum absolute atomic E-state index is 0.0230. The van der Waals surface area contributed by atoms with E-state index >= 15 is 0 Å². The Hall–Kier alpha value is -4.16. The van der Waals surface area contributed by atoms with Gasteiger partial charge >= 0.3 is 6.09 Å². The molecule has 2 amide bonds. The van der Waals surface area contributed by atoms with Crippen LogP contribution in [0.5, 0.6) is 17.4 Å². The van der Waals surface area contributed by atoms with Gasteiger partial charge in [0.25, 0.3) is 0 Å². The van der Waals surface area contributed by atoms with Crippen LogP contribution in [-0.4, -0.2) is 72.6 Å². The van der Waals surface area contributed by atoms with Gasteiger partial charge in [-0.05, 0) is 24.3 Å². The molecule has 36 heavy (non-hydrogen) atoms. The Morgan fingerprint density at radius 1 is 1.25 bits per heavy atom. The number of nitrogens with two attached hydrogens (primary N) is 1. The topological polar surface area (TPSA) is 158 Å². The van der Waals surface area contributed by atoms with E-state index in [9.17, 15) is 14.7 Å². The fourth-order valence-corrected chi connectivity index (χ4v) is 4.09. The summed E-state index contributed by atoms with van der Waals surface area (Å²) in [5.41, 5.74) is 7.91. The van der Waals surface area contributed by atoms with Crippen LogP contribution in [0.15, 0.2) is 42.6 Å². The molecule has 12 heteroatoms. The molecule has 0 spiro atoms. The first-order valence-electron chi connectivity index (χ1n) is 11.3. The van der Waals surface area contributed by atoms with Gasteiger partial charge in [-0.1, -0.05) is 0 Å². The number of carbonyl (C=O) groups is 2. The standard InChI is InChI=1S/C24H25N5O7/c1-33-19-5-3-16-21(28-19)15(6-7-26-16)22(30)20(25)23(31)27-11-14-12-29(24(32)36-14)13-2-4-17-18(10-13)35-9-8-34-17/h2-7,10,14,20,22,30H,8-9,11-12,25H2,1H3,(H,27,31). The largest absolute Gasteiger partial charge is 0.486 e. The number of aliphatic hydroxyl groups excluding tert-OH is 1. The number of benzene rings is 1. The summed E-state index contributed by atoms with van der Waals surface area (Å²) in [5.74, 6) is 0.903. The number of amides is 2. The number of aromatic nitrogens is 2. The maximum atomic E-state index is 12.7. The Labute approximate surface area is 205 Å². The van der Waals surface area contributed by atoms with Gasteiger partial charge in [0.2, 0.25) is 11.8 Å². The molecule has 188 valence electrons. The summed E-state index contributed by atoms with van der Waals surface area (Å²) in [5, 5.41) is 13.5. The molecule has 3 aromatic rings. The molecule has 3 atom stereocenters. The van der Waals surface area contributed by atoms with Gasteiger partial charge in [-0.2, -0.15) is 0 Å². The van der Waals surface area contributed by atoms with E-state index in [1.54, 1.807) is 36.4 Å².